The van der Waals surface area contributed by atoms with Gasteiger partial charge in [0.2, 0.25) is 5.91 Å². The zero-order chi connectivity index (χ0) is 11.8. The van der Waals surface area contributed by atoms with Crippen molar-refractivity contribution in [2.75, 3.05) is 0 Å². The fourth-order valence-corrected chi connectivity index (χ4v) is 3.02. The normalized spacial score (nSPS) is 31.9. The highest BCUT2D eigenvalue weighted by atomic mass is 16.1. The molecule has 1 aromatic rings. The minimum atomic E-state index is 0.152. The number of rotatable bonds is 4. The Morgan fingerprint density at radius 2 is 2.24 bits per heavy atom. The Kier molecular flexibility index (Phi) is 2.65. The molecule has 2 aliphatic rings. The number of amides is 1. The highest BCUT2D eigenvalue weighted by Gasteiger charge is 2.48. The summed E-state index contributed by atoms with van der Waals surface area (Å²) in [6.45, 7) is 2.79. The third-order valence-electron chi connectivity index (χ3n) is 4.02. The second-order valence-corrected chi connectivity index (χ2v) is 5.56. The van der Waals surface area contributed by atoms with Crippen molar-refractivity contribution in [1.82, 2.24) is 15.1 Å². The molecule has 0 spiro atoms. The van der Waals surface area contributed by atoms with E-state index in [9.17, 15) is 4.79 Å². The molecule has 2 fully saturated rings. The van der Waals surface area contributed by atoms with Gasteiger partial charge in [0.1, 0.15) is 0 Å². The quantitative estimate of drug-likeness (QED) is 0.855. The van der Waals surface area contributed by atoms with E-state index >= 15 is 0 Å². The van der Waals surface area contributed by atoms with Gasteiger partial charge in [-0.05, 0) is 44.1 Å². The van der Waals surface area contributed by atoms with E-state index in [0.717, 1.165) is 31.2 Å². The minimum absolute atomic E-state index is 0.152. The van der Waals surface area contributed by atoms with Crippen molar-refractivity contribution in [3.8, 4) is 0 Å². The van der Waals surface area contributed by atoms with Crippen LogP contribution in [0.4, 0.5) is 0 Å². The molecule has 0 radical (unpaired) electrons. The second kappa shape index (κ2) is 4.17. The first-order valence-corrected chi connectivity index (χ1v) is 6.50. The summed E-state index contributed by atoms with van der Waals surface area (Å²) in [5.41, 5.74) is 0. The summed E-state index contributed by atoms with van der Waals surface area (Å²) in [7, 11) is 0. The molecule has 3 atom stereocenters. The molecule has 0 aromatic carbocycles. The molecule has 2 aliphatic carbocycles. The number of carbonyl (C=O) groups excluding carboxylic acids is 1. The van der Waals surface area contributed by atoms with Gasteiger partial charge in [-0.1, -0.05) is 0 Å². The summed E-state index contributed by atoms with van der Waals surface area (Å²) in [4.78, 5) is 12.0. The Morgan fingerprint density at radius 1 is 1.47 bits per heavy atom. The van der Waals surface area contributed by atoms with Gasteiger partial charge in [0.05, 0.1) is 6.54 Å². The fraction of sp³-hybridized carbons (Fsp3) is 0.692. The van der Waals surface area contributed by atoms with Crippen molar-refractivity contribution in [3.05, 3.63) is 18.5 Å². The van der Waals surface area contributed by atoms with Crippen LogP contribution in [0.5, 0.6) is 0 Å². The SMILES string of the molecule is CC(Cn1cccn1)NC(=O)C1CC2CC2C1. The maximum absolute atomic E-state index is 12.0. The average molecular weight is 233 g/mol. The predicted molar refractivity (Wildman–Crippen MR) is 64.2 cm³/mol. The summed E-state index contributed by atoms with van der Waals surface area (Å²) in [5.74, 6) is 2.26. The van der Waals surface area contributed by atoms with Gasteiger partial charge in [-0.2, -0.15) is 5.10 Å². The molecule has 4 nitrogen and oxygen atoms in total. The van der Waals surface area contributed by atoms with E-state index in [0.29, 0.717) is 0 Å². The topological polar surface area (TPSA) is 46.9 Å². The van der Waals surface area contributed by atoms with Crippen LogP contribution in [-0.2, 0) is 11.3 Å². The summed E-state index contributed by atoms with van der Waals surface area (Å²) < 4.78 is 1.86. The lowest BCUT2D eigenvalue weighted by molar-refractivity contribution is -0.125. The van der Waals surface area contributed by atoms with Gasteiger partial charge in [-0.15, -0.1) is 0 Å². The van der Waals surface area contributed by atoms with Crippen molar-refractivity contribution in [2.24, 2.45) is 17.8 Å². The van der Waals surface area contributed by atoms with Crippen LogP contribution in [0.2, 0.25) is 0 Å². The number of carbonyl (C=O) groups is 1. The molecule has 1 amide bonds. The van der Waals surface area contributed by atoms with E-state index in [1.165, 1.54) is 6.42 Å². The fourth-order valence-electron chi connectivity index (χ4n) is 3.02. The Morgan fingerprint density at radius 3 is 2.88 bits per heavy atom. The van der Waals surface area contributed by atoms with Gasteiger partial charge in [0.15, 0.2) is 0 Å². The Labute approximate surface area is 101 Å². The van der Waals surface area contributed by atoms with Gasteiger partial charge in [0.25, 0.3) is 0 Å². The summed E-state index contributed by atoms with van der Waals surface area (Å²) in [6.07, 6.45) is 7.29. The van der Waals surface area contributed by atoms with Crippen LogP contribution in [0.1, 0.15) is 26.2 Å². The van der Waals surface area contributed by atoms with Gasteiger partial charge in [-0.25, -0.2) is 0 Å². The Balaban J connectivity index is 1.47. The lowest BCUT2D eigenvalue weighted by atomic mass is 10.0. The summed E-state index contributed by atoms with van der Waals surface area (Å²) >= 11 is 0. The number of nitrogens with zero attached hydrogens (tertiary/aromatic N) is 2. The lowest BCUT2D eigenvalue weighted by Gasteiger charge is -2.17. The minimum Gasteiger partial charge on any atom is -0.352 e. The van der Waals surface area contributed by atoms with E-state index in [1.54, 1.807) is 6.20 Å². The third-order valence-corrected chi connectivity index (χ3v) is 4.02. The van der Waals surface area contributed by atoms with Crippen LogP contribution in [0.3, 0.4) is 0 Å². The Hall–Kier alpha value is -1.32. The van der Waals surface area contributed by atoms with Crippen LogP contribution in [0.25, 0.3) is 0 Å². The molecule has 4 heteroatoms. The van der Waals surface area contributed by atoms with Crippen LogP contribution < -0.4 is 5.32 Å². The van der Waals surface area contributed by atoms with E-state index in [4.69, 9.17) is 0 Å². The molecule has 92 valence electrons. The third kappa shape index (κ3) is 2.35. The van der Waals surface area contributed by atoms with Crippen molar-refractivity contribution in [1.29, 1.82) is 0 Å². The largest absolute Gasteiger partial charge is 0.352 e. The van der Waals surface area contributed by atoms with Gasteiger partial charge in [0, 0.05) is 24.4 Å². The first kappa shape index (κ1) is 10.8. The highest BCUT2D eigenvalue weighted by Crippen LogP contribution is 2.54. The molecule has 0 aliphatic heterocycles. The number of fused-ring (bicyclic) bond motifs is 1. The van der Waals surface area contributed by atoms with Crippen LogP contribution in [0, 0.1) is 17.8 Å². The Bertz CT molecular complexity index is 391. The molecular formula is C13H19N3O. The maximum Gasteiger partial charge on any atom is 0.223 e. The number of aromatic nitrogens is 2. The molecule has 3 rings (SSSR count). The van der Waals surface area contributed by atoms with Crippen LogP contribution in [-0.4, -0.2) is 21.7 Å². The van der Waals surface area contributed by atoms with Crippen LogP contribution in [0.15, 0.2) is 18.5 Å². The number of hydrogen-bond acceptors (Lipinski definition) is 2. The van der Waals surface area contributed by atoms with E-state index < -0.39 is 0 Å². The summed E-state index contributed by atoms with van der Waals surface area (Å²) in [5, 5.41) is 7.25. The molecule has 2 saturated carbocycles. The average Bonchev–Trinajstić information content (AvgIpc) is 2.74. The number of hydrogen-bond donors (Lipinski definition) is 1. The number of nitrogens with one attached hydrogen (secondary N) is 1. The highest BCUT2D eigenvalue weighted by molar-refractivity contribution is 5.79. The molecule has 1 heterocycles. The molecule has 0 saturated heterocycles. The second-order valence-electron chi connectivity index (χ2n) is 5.56. The molecule has 3 unspecified atom stereocenters. The predicted octanol–water partition coefficient (Wildman–Crippen LogP) is 1.43. The lowest BCUT2D eigenvalue weighted by Crippen LogP contribution is -2.39. The summed E-state index contributed by atoms with van der Waals surface area (Å²) in [6, 6.07) is 2.05. The van der Waals surface area contributed by atoms with Crippen molar-refractivity contribution < 1.29 is 4.79 Å². The van der Waals surface area contributed by atoms with Crippen molar-refractivity contribution in [3.63, 3.8) is 0 Å². The van der Waals surface area contributed by atoms with Gasteiger partial charge < -0.3 is 5.32 Å². The smallest absolute Gasteiger partial charge is 0.223 e. The van der Waals surface area contributed by atoms with Crippen molar-refractivity contribution >= 4 is 5.91 Å². The standard InChI is InChI=1S/C13H19N3O/c1-9(8-16-4-2-3-14-16)15-13(17)12-6-10-5-11(10)7-12/h2-4,9-12H,5-8H2,1H3,(H,15,17). The first-order chi connectivity index (χ1) is 8.22. The van der Waals surface area contributed by atoms with E-state index in [2.05, 4.69) is 10.4 Å². The zero-order valence-electron chi connectivity index (χ0n) is 10.2. The molecule has 1 aromatic heterocycles. The van der Waals surface area contributed by atoms with Gasteiger partial charge >= 0.3 is 0 Å². The zero-order valence-corrected chi connectivity index (χ0v) is 10.2. The van der Waals surface area contributed by atoms with Crippen LogP contribution >= 0.6 is 0 Å². The first-order valence-electron chi connectivity index (χ1n) is 6.50. The molecular weight excluding hydrogens is 214 g/mol. The maximum atomic E-state index is 12.0. The van der Waals surface area contributed by atoms with Crippen molar-refractivity contribution in [2.45, 2.75) is 38.8 Å². The monoisotopic (exact) mass is 233 g/mol. The molecule has 1 N–H and O–H groups in total. The van der Waals surface area contributed by atoms with E-state index in [1.807, 2.05) is 23.9 Å². The molecule has 0 bridgehead atoms. The van der Waals surface area contributed by atoms with E-state index in [-0.39, 0.29) is 17.9 Å². The van der Waals surface area contributed by atoms with Gasteiger partial charge in [-0.3, -0.25) is 9.48 Å². The molecule has 17 heavy (non-hydrogen) atoms.